The van der Waals surface area contributed by atoms with Gasteiger partial charge < -0.3 is 19.2 Å². The lowest BCUT2D eigenvalue weighted by molar-refractivity contribution is 0.0409. The van der Waals surface area contributed by atoms with E-state index in [0.29, 0.717) is 22.5 Å². The van der Waals surface area contributed by atoms with E-state index in [0.717, 1.165) is 91.0 Å². The number of para-hydroxylation sites is 1. The molecule has 10 nitrogen and oxygen atoms in total. The highest BCUT2D eigenvalue weighted by molar-refractivity contribution is 7.17. The van der Waals surface area contributed by atoms with Crippen molar-refractivity contribution in [1.82, 2.24) is 25.4 Å². The first-order valence-electron chi connectivity index (χ1n) is 15.1. The van der Waals surface area contributed by atoms with Crippen molar-refractivity contribution < 1.29 is 19.1 Å². The van der Waals surface area contributed by atoms with Gasteiger partial charge in [-0.1, -0.05) is 40.4 Å². The minimum Gasteiger partial charge on any atom is -0.385 e. The fourth-order valence-electron chi connectivity index (χ4n) is 5.30. The summed E-state index contributed by atoms with van der Waals surface area (Å²) in [6.07, 6.45) is 5.68. The molecule has 1 aliphatic heterocycles. The lowest BCUT2D eigenvalue weighted by atomic mass is 9.97. The van der Waals surface area contributed by atoms with Gasteiger partial charge in [-0.15, -0.1) is 15.3 Å². The normalized spacial score (nSPS) is 13.9. The van der Waals surface area contributed by atoms with Crippen LogP contribution in [0.4, 0.5) is 5.69 Å². The number of carbonyl (C=O) groups is 1. The van der Waals surface area contributed by atoms with Crippen molar-refractivity contribution in [1.29, 1.82) is 0 Å². The molecule has 44 heavy (non-hydrogen) atoms. The Morgan fingerprint density at radius 1 is 0.841 bits per heavy atom. The summed E-state index contributed by atoms with van der Waals surface area (Å²) in [7, 11) is 1.75. The predicted molar refractivity (Wildman–Crippen MR) is 171 cm³/mol. The first-order chi connectivity index (χ1) is 21.7. The SMILES string of the molecule is COCCCCCOCC1CCN(c2ccc(-c3nnc(-c4ccc(C(=O)On5nnc6ccccc65)cc4)s3)cc2)CC1. The van der Waals surface area contributed by atoms with Crippen LogP contribution in [0.25, 0.3) is 32.2 Å². The fourth-order valence-corrected chi connectivity index (χ4v) is 6.16. The number of anilines is 1. The van der Waals surface area contributed by atoms with E-state index < -0.39 is 5.97 Å². The molecule has 11 heteroatoms. The maximum absolute atomic E-state index is 12.7. The van der Waals surface area contributed by atoms with E-state index in [1.165, 1.54) is 17.0 Å². The molecule has 228 valence electrons. The van der Waals surface area contributed by atoms with E-state index in [-0.39, 0.29) is 0 Å². The molecular weight excluding hydrogens is 576 g/mol. The summed E-state index contributed by atoms with van der Waals surface area (Å²) in [6, 6.07) is 23.0. The average molecular weight is 613 g/mol. The summed E-state index contributed by atoms with van der Waals surface area (Å²) in [6.45, 7) is 4.64. The second kappa shape index (κ2) is 14.5. The Labute approximate surface area is 260 Å². The molecule has 1 saturated heterocycles. The second-order valence-corrected chi connectivity index (χ2v) is 11.9. The van der Waals surface area contributed by atoms with E-state index in [4.69, 9.17) is 14.3 Å². The summed E-state index contributed by atoms with van der Waals surface area (Å²) in [5, 5.41) is 18.4. The summed E-state index contributed by atoms with van der Waals surface area (Å²) < 4.78 is 11.0. The third kappa shape index (κ3) is 7.29. The van der Waals surface area contributed by atoms with Gasteiger partial charge >= 0.3 is 5.97 Å². The van der Waals surface area contributed by atoms with Gasteiger partial charge in [0, 0.05) is 56.8 Å². The number of fused-ring (bicyclic) bond motifs is 1. The molecule has 3 heterocycles. The zero-order valence-corrected chi connectivity index (χ0v) is 25.6. The van der Waals surface area contributed by atoms with Gasteiger partial charge in [0.2, 0.25) is 0 Å². The average Bonchev–Trinajstić information content (AvgIpc) is 3.73. The number of hydrogen-bond acceptors (Lipinski definition) is 10. The zero-order chi connectivity index (χ0) is 30.1. The molecule has 0 unspecified atom stereocenters. The molecule has 0 bridgehead atoms. The van der Waals surface area contributed by atoms with Gasteiger partial charge in [0.15, 0.2) is 0 Å². The highest BCUT2D eigenvalue weighted by Gasteiger charge is 2.20. The molecule has 0 atom stereocenters. The number of piperidine rings is 1. The monoisotopic (exact) mass is 612 g/mol. The van der Waals surface area contributed by atoms with Crippen LogP contribution in [0.1, 0.15) is 42.5 Å². The zero-order valence-electron chi connectivity index (χ0n) is 24.8. The third-order valence-corrected chi connectivity index (χ3v) is 8.89. The van der Waals surface area contributed by atoms with Crippen molar-refractivity contribution in [2.75, 3.05) is 44.9 Å². The Morgan fingerprint density at radius 2 is 1.52 bits per heavy atom. The second-order valence-electron chi connectivity index (χ2n) is 10.9. The van der Waals surface area contributed by atoms with Crippen molar-refractivity contribution in [3.8, 4) is 21.1 Å². The lowest BCUT2D eigenvalue weighted by Gasteiger charge is -2.33. The predicted octanol–water partition coefficient (Wildman–Crippen LogP) is 5.94. The molecule has 0 amide bonds. The van der Waals surface area contributed by atoms with Crippen molar-refractivity contribution >= 4 is 34.0 Å². The van der Waals surface area contributed by atoms with E-state index in [9.17, 15) is 4.79 Å². The molecule has 0 saturated carbocycles. The molecule has 0 N–H and O–H groups in total. The maximum atomic E-state index is 12.7. The minimum atomic E-state index is -0.521. The quantitative estimate of drug-likeness (QED) is 0.118. The van der Waals surface area contributed by atoms with Crippen LogP contribution in [0.2, 0.25) is 0 Å². The maximum Gasteiger partial charge on any atom is 0.365 e. The van der Waals surface area contributed by atoms with Gasteiger partial charge in [0.05, 0.1) is 5.56 Å². The molecule has 1 fully saturated rings. The first-order valence-corrected chi connectivity index (χ1v) is 15.9. The summed E-state index contributed by atoms with van der Waals surface area (Å²) in [5.74, 6) is 0.116. The number of benzene rings is 3. The van der Waals surface area contributed by atoms with Gasteiger partial charge in [-0.3, -0.25) is 0 Å². The largest absolute Gasteiger partial charge is 0.385 e. The molecule has 6 rings (SSSR count). The number of carbonyl (C=O) groups excluding carboxylic acids is 1. The number of hydrogen-bond donors (Lipinski definition) is 0. The van der Waals surface area contributed by atoms with Crippen LogP contribution in [-0.4, -0.2) is 71.3 Å². The Bertz CT molecular complexity index is 1650. The Kier molecular flexibility index (Phi) is 9.86. The molecule has 3 aromatic carbocycles. The van der Waals surface area contributed by atoms with E-state index in [1.807, 2.05) is 24.3 Å². The highest BCUT2D eigenvalue weighted by atomic mass is 32.1. The number of aromatic nitrogens is 5. The fraction of sp³-hybridized carbons (Fsp3) is 0.364. The number of nitrogens with zero attached hydrogens (tertiary/aromatic N) is 6. The standard InChI is InChI=1S/C33H36N6O4S/c1-41-21-5-2-6-22-42-23-24-17-19-38(20-18-24)28-15-13-26(14-16-28)32-36-35-31(44-32)25-9-11-27(12-10-25)33(40)43-39-30-8-4-3-7-29(30)34-37-39/h3-4,7-16,24H,2,5-6,17-23H2,1H3. The number of methoxy groups -OCH3 is 1. The Balaban J connectivity index is 0.989. The van der Waals surface area contributed by atoms with Gasteiger partial charge in [0.1, 0.15) is 21.0 Å². The highest BCUT2D eigenvalue weighted by Crippen LogP contribution is 2.32. The topological polar surface area (TPSA) is 104 Å². The van der Waals surface area contributed by atoms with Crippen molar-refractivity contribution in [3.05, 3.63) is 78.4 Å². The lowest BCUT2D eigenvalue weighted by Crippen LogP contribution is -2.35. The minimum absolute atomic E-state index is 0.402. The van der Waals surface area contributed by atoms with Gasteiger partial charge in [-0.2, -0.15) is 0 Å². The van der Waals surface area contributed by atoms with Gasteiger partial charge in [-0.25, -0.2) is 4.79 Å². The van der Waals surface area contributed by atoms with Crippen LogP contribution in [0.15, 0.2) is 72.8 Å². The van der Waals surface area contributed by atoms with Crippen molar-refractivity contribution in [2.24, 2.45) is 5.92 Å². The van der Waals surface area contributed by atoms with E-state index in [1.54, 1.807) is 31.4 Å². The molecule has 2 aromatic heterocycles. The van der Waals surface area contributed by atoms with Crippen LogP contribution in [0.3, 0.4) is 0 Å². The molecular formula is C33H36N6O4S. The molecule has 0 radical (unpaired) electrons. The number of unbranched alkanes of at least 4 members (excludes halogenated alkanes) is 2. The van der Waals surface area contributed by atoms with Crippen LogP contribution >= 0.6 is 11.3 Å². The third-order valence-electron chi connectivity index (χ3n) is 7.87. The smallest absolute Gasteiger partial charge is 0.365 e. The molecule has 0 aliphatic carbocycles. The summed E-state index contributed by atoms with van der Waals surface area (Å²) in [4.78, 5) is 21.7. The van der Waals surface area contributed by atoms with Crippen molar-refractivity contribution in [2.45, 2.75) is 32.1 Å². The molecule has 5 aromatic rings. The molecule has 1 aliphatic rings. The number of ether oxygens (including phenoxy) is 2. The molecule has 0 spiro atoms. The van der Waals surface area contributed by atoms with E-state index >= 15 is 0 Å². The van der Waals surface area contributed by atoms with Gasteiger partial charge in [-0.05, 0) is 91.8 Å². The Morgan fingerprint density at radius 3 is 2.25 bits per heavy atom. The van der Waals surface area contributed by atoms with Crippen LogP contribution in [0.5, 0.6) is 0 Å². The van der Waals surface area contributed by atoms with Crippen LogP contribution < -0.4 is 9.74 Å². The van der Waals surface area contributed by atoms with E-state index in [2.05, 4.69) is 49.7 Å². The van der Waals surface area contributed by atoms with Gasteiger partial charge in [0.25, 0.3) is 0 Å². The van der Waals surface area contributed by atoms with Crippen molar-refractivity contribution in [3.63, 3.8) is 0 Å². The first kappa shape index (κ1) is 29.9. The summed E-state index contributed by atoms with van der Waals surface area (Å²) >= 11 is 1.52. The summed E-state index contributed by atoms with van der Waals surface area (Å²) in [5.41, 5.74) is 4.82. The van der Waals surface area contributed by atoms with Crippen LogP contribution in [0, 0.1) is 5.92 Å². The Hall–Kier alpha value is -4.19. The number of rotatable bonds is 13. The van der Waals surface area contributed by atoms with Crippen LogP contribution in [-0.2, 0) is 9.47 Å².